The molecule has 0 spiro atoms. The molecule has 0 aliphatic heterocycles. The van der Waals surface area contributed by atoms with Gasteiger partial charge in [0.25, 0.3) is 0 Å². The maximum absolute atomic E-state index is 13.7. The molecule has 1 aromatic carbocycles. The Bertz CT molecular complexity index is 1230. The number of nitrogens with zero attached hydrogens (tertiary/aromatic N) is 4. The van der Waals surface area contributed by atoms with E-state index in [1.165, 1.54) is 12.1 Å². The summed E-state index contributed by atoms with van der Waals surface area (Å²) in [7, 11) is 0. The zero-order valence-electron chi connectivity index (χ0n) is 18.4. The first-order chi connectivity index (χ1) is 16.0. The summed E-state index contributed by atoms with van der Waals surface area (Å²) in [5.74, 6) is 2.13. The van der Waals surface area contributed by atoms with E-state index in [-0.39, 0.29) is 34.8 Å². The molecule has 8 heteroatoms. The van der Waals surface area contributed by atoms with Crippen molar-refractivity contribution < 1.29 is 13.9 Å². The second kappa shape index (κ2) is 6.52. The van der Waals surface area contributed by atoms with E-state index in [4.69, 9.17) is 4.74 Å². The van der Waals surface area contributed by atoms with Crippen LogP contribution < -0.4 is 10.1 Å². The van der Waals surface area contributed by atoms with Crippen LogP contribution in [0, 0.1) is 29.5 Å². The highest BCUT2D eigenvalue weighted by molar-refractivity contribution is 5.84. The van der Waals surface area contributed by atoms with Gasteiger partial charge >= 0.3 is 0 Å². The molecule has 5 aliphatic carbocycles. The molecular weight excluding hydrogens is 421 g/mol. The Balaban J connectivity index is 0.947. The summed E-state index contributed by atoms with van der Waals surface area (Å²) in [6.07, 6.45) is 9.94. The number of benzene rings is 1. The van der Waals surface area contributed by atoms with Crippen molar-refractivity contribution >= 4 is 16.8 Å². The summed E-state index contributed by atoms with van der Waals surface area (Å²) >= 11 is 0. The molecular formula is C25H26FN5O2. The van der Waals surface area contributed by atoms with Gasteiger partial charge in [-0.15, -0.1) is 0 Å². The first kappa shape index (κ1) is 19.4. The normalized spacial score (nSPS) is 36.4. The summed E-state index contributed by atoms with van der Waals surface area (Å²) in [6.45, 7) is 2.08. The van der Waals surface area contributed by atoms with Crippen molar-refractivity contribution in [1.82, 2.24) is 25.1 Å². The number of halogens is 1. The number of carbonyl (C=O) groups excluding carboxylic acids is 1. The molecule has 7 nitrogen and oxygen atoms in total. The summed E-state index contributed by atoms with van der Waals surface area (Å²) in [5.41, 5.74) is 0.776. The van der Waals surface area contributed by atoms with Gasteiger partial charge < -0.3 is 10.1 Å². The van der Waals surface area contributed by atoms with Gasteiger partial charge in [-0.2, -0.15) is 5.10 Å². The molecule has 2 heterocycles. The summed E-state index contributed by atoms with van der Waals surface area (Å²) in [6, 6.07) is 6.40. The van der Waals surface area contributed by atoms with E-state index in [0.29, 0.717) is 28.9 Å². The molecule has 3 aromatic rings. The van der Waals surface area contributed by atoms with Gasteiger partial charge in [-0.05, 0) is 74.1 Å². The van der Waals surface area contributed by atoms with Crippen LogP contribution >= 0.6 is 0 Å². The number of pyridine rings is 1. The Morgan fingerprint density at radius 2 is 2.03 bits per heavy atom. The lowest BCUT2D eigenvalue weighted by atomic mass is 9.44. The predicted molar refractivity (Wildman–Crippen MR) is 118 cm³/mol. The lowest BCUT2D eigenvalue weighted by molar-refractivity contribution is -0.162. The van der Waals surface area contributed by atoms with Gasteiger partial charge in [0.15, 0.2) is 0 Å². The molecule has 33 heavy (non-hydrogen) atoms. The summed E-state index contributed by atoms with van der Waals surface area (Å²) < 4.78 is 22.0. The second-order valence-corrected chi connectivity index (χ2v) is 10.7. The lowest BCUT2D eigenvalue weighted by Gasteiger charge is -2.69. The fourth-order valence-electron chi connectivity index (χ4n) is 7.17. The Labute approximate surface area is 190 Å². The van der Waals surface area contributed by atoms with E-state index in [2.05, 4.69) is 27.3 Å². The summed E-state index contributed by atoms with van der Waals surface area (Å²) in [4.78, 5) is 21.4. The molecule has 2 aromatic heterocycles. The van der Waals surface area contributed by atoms with E-state index in [0.717, 1.165) is 37.6 Å². The van der Waals surface area contributed by atoms with Crippen LogP contribution in [0.5, 0.6) is 5.75 Å². The molecule has 8 rings (SSSR count). The molecule has 5 aliphatic rings. The van der Waals surface area contributed by atoms with Crippen molar-refractivity contribution in [2.24, 2.45) is 23.7 Å². The highest BCUT2D eigenvalue weighted by Gasteiger charge is 2.71. The van der Waals surface area contributed by atoms with Gasteiger partial charge in [0.05, 0.1) is 17.2 Å². The molecule has 1 unspecified atom stereocenters. The molecule has 5 atom stereocenters. The Morgan fingerprint density at radius 3 is 2.76 bits per heavy atom. The topological polar surface area (TPSA) is 81.9 Å². The number of nitrogens with one attached hydrogen (secondary N) is 1. The average Bonchev–Trinajstić information content (AvgIpc) is 3.12. The molecule has 2 bridgehead atoms. The fourth-order valence-corrected chi connectivity index (χ4v) is 7.17. The van der Waals surface area contributed by atoms with Gasteiger partial charge in [-0.3, -0.25) is 9.78 Å². The van der Waals surface area contributed by atoms with Crippen LogP contribution in [0.15, 0.2) is 43.1 Å². The largest absolute Gasteiger partial charge is 0.490 e. The van der Waals surface area contributed by atoms with E-state index >= 15 is 0 Å². The second-order valence-electron chi connectivity index (χ2n) is 10.7. The van der Waals surface area contributed by atoms with Crippen molar-refractivity contribution in [2.75, 3.05) is 0 Å². The van der Waals surface area contributed by atoms with Crippen molar-refractivity contribution in [3.05, 3.63) is 48.9 Å². The molecule has 0 saturated heterocycles. The third-order valence-electron chi connectivity index (χ3n) is 8.71. The molecule has 0 radical (unpaired) electrons. The Hall–Kier alpha value is -3.03. The Kier molecular flexibility index (Phi) is 3.84. The quantitative estimate of drug-likeness (QED) is 0.626. The number of fused-ring (bicyclic) bond motifs is 2. The van der Waals surface area contributed by atoms with E-state index < -0.39 is 0 Å². The number of aromatic nitrogens is 4. The summed E-state index contributed by atoms with van der Waals surface area (Å²) in [5, 5.41) is 8.36. The number of amides is 1. The molecule has 1 N–H and O–H groups in total. The number of hydrogen-bond donors (Lipinski definition) is 1. The third kappa shape index (κ3) is 2.85. The van der Waals surface area contributed by atoms with E-state index in [1.807, 2.05) is 10.7 Å². The van der Waals surface area contributed by atoms with Gasteiger partial charge in [-0.1, -0.05) is 6.92 Å². The molecule has 170 valence electrons. The number of carbonyl (C=O) groups is 1. The van der Waals surface area contributed by atoms with Crippen LogP contribution in [-0.4, -0.2) is 37.3 Å². The highest BCUT2D eigenvalue weighted by atomic mass is 19.1. The minimum atomic E-state index is -0.287. The van der Waals surface area contributed by atoms with Crippen LogP contribution in [0.25, 0.3) is 10.9 Å². The van der Waals surface area contributed by atoms with Gasteiger partial charge in [-0.25, -0.2) is 14.1 Å². The fraction of sp³-hybridized carbons (Fsp3) is 0.520. The van der Waals surface area contributed by atoms with Gasteiger partial charge in [0, 0.05) is 23.0 Å². The molecule has 5 fully saturated rings. The minimum Gasteiger partial charge on any atom is -0.490 e. The van der Waals surface area contributed by atoms with Crippen molar-refractivity contribution in [3.63, 3.8) is 0 Å². The van der Waals surface area contributed by atoms with Crippen molar-refractivity contribution in [1.29, 1.82) is 0 Å². The maximum atomic E-state index is 13.7. The van der Waals surface area contributed by atoms with Crippen LogP contribution in [0.1, 0.15) is 39.0 Å². The first-order valence-electron chi connectivity index (χ1n) is 11.8. The van der Waals surface area contributed by atoms with E-state index in [1.54, 1.807) is 24.9 Å². The number of ether oxygens (including phenoxy) is 1. The Morgan fingerprint density at radius 1 is 1.24 bits per heavy atom. The monoisotopic (exact) mass is 447 g/mol. The van der Waals surface area contributed by atoms with Crippen LogP contribution in [0.3, 0.4) is 0 Å². The van der Waals surface area contributed by atoms with Crippen molar-refractivity contribution in [2.45, 2.75) is 56.2 Å². The zero-order valence-corrected chi connectivity index (χ0v) is 18.4. The standard InChI is InChI=1S/C25H26FN5O2/c1-14(23(32)30-24-9-25(10-24,11-24)31-13-27-12-29-31)22-17-7-16(8-18(17)22)33-21-4-5-28-20-3-2-15(26)6-19(20)21/h2-6,12-14,16-18,22H,7-11H2,1H3,(H,30,32)/t14?,16-,17-,18+,22+,24?,25?. The number of hydrogen-bond acceptors (Lipinski definition) is 5. The first-order valence-corrected chi connectivity index (χ1v) is 11.8. The SMILES string of the molecule is CC(C(=O)NC12CC(n3cncn3)(C1)C2)[C@H]1[C@@H]2C[C@@H](Oc3ccnc4ccc(F)cc34)C[C@@H]21. The lowest BCUT2D eigenvalue weighted by Crippen LogP contribution is -2.79. The van der Waals surface area contributed by atoms with E-state index in [9.17, 15) is 9.18 Å². The van der Waals surface area contributed by atoms with Crippen LogP contribution in [0.4, 0.5) is 4.39 Å². The van der Waals surface area contributed by atoms with Crippen LogP contribution in [0.2, 0.25) is 0 Å². The predicted octanol–water partition coefficient (Wildman–Crippen LogP) is 3.45. The maximum Gasteiger partial charge on any atom is 0.223 e. The van der Waals surface area contributed by atoms with Gasteiger partial charge in [0.2, 0.25) is 5.91 Å². The number of rotatable bonds is 6. The molecule has 5 saturated carbocycles. The average molecular weight is 448 g/mol. The minimum absolute atomic E-state index is 0.0214. The van der Waals surface area contributed by atoms with Gasteiger partial charge in [0.1, 0.15) is 24.2 Å². The zero-order chi connectivity index (χ0) is 22.4. The molecule has 1 amide bonds. The van der Waals surface area contributed by atoms with Crippen molar-refractivity contribution in [3.8, 4) is 5.75 Å². The third-order valence-corrected chi connectivity index (χ3v) is 8.71. The smallest absolute Gasteiger partial charge is 0.223 e. The highest BCUT2D eigenvalue weighted by Crippen LogP contribution is 2.65. The van der Waals surface area contributed by atoms with Crippen LogP contribution in [-0.2, 0) is 10.3 Å².